The number of hydrogen-bond donors (Lipinski definition) is 2. The lowest BCUT2D eigenvalue weighted by molar-refractivity contribution is 0.319. The third-order valence-corrected chi connectivity index (χ3v) is 4.68. The maximum absolute atomic E-state index is 11.9. The molecule has 1 aliphatic rings. The Morgan fingerprint density at radius 2 is 2.19 bits per heavy atom. The maximum atomic E-state index is 11.9. The van der Waals surface area contributed by atoms with E-state index < -0.39 is 10.2 Å². The van der Waals surface area contributed by atoms with Crippen molar-refractivity contribution in [2.45, 2.75) is 32.7 Å². The van der Waals surface area contributed by atoms with Gasteiger partial charge in [0.05, 0.1) is 0 Å². The summed E-state index contributed by atoms with van der Waals surface area (Å²) < 4.78 is 28.0. The molecule has 2 unspecified atom stereocenters. The molecule has 1 heterocycles. The van der Waals surface area contributed by atoms with Gasteiger partial charge in [0.25, 0.3) is 10.2 Å². The Balaban J connectivity index is 2.57. The van der Waals surface area contributed by atoms with Gasteiger partial charge >= 0.3 is 0 Å². The van der Waals surface area contributed by atoms with Crippen LogP contribution in [0.1, 0.15) is 26.7 Å². The van der Waals surface area contributed by atoms with Crippen molar-refractivity contribution in [2.75, 3.05) is 26.7 Å². The van der Waals surface area contributed by atoms with Crippen molar-refractivity contribution in [1.82, 2.24) is 14.3 Å². The van der Waals surface area contributed by atoms with E-state index in [-0.39, 0.29) is 6.04 Å². The van der Waals surface area contributed by atoms with Gasteiger partial charge in [-0.1, -0.05) is 13.8 Å². The van der Waals surface area contributed by atoms with Crippen LogP contribution < -0.4 is 10.0 Å². The molecule has 1 saturated heterocycles. The Morgan fingerprint density at radius 3 is 2.75 bits per heavy atom. The van der Waals surface area contributed by atoms with Gasteiger partial charge in [-0.3, -0.25) is 0 Å². The minimum Gasteiger partial charge on any atom is -0.315 e. The zero-order chi connectivity index (χ0) is 12.2. The summed E-state index contributed by atoms with van der Waals surface area (Å²) in [5.41, 5.74) is 0. The van der Waals surface area contributed by atoms with Crippen molar-refractivity contribution in [2.24, 2.45) is 5.92 Å². The summed E-state index contributed by atoms with van der Waals surface area (Å²) in [7, 11) is -1.69. The van der Waals surface area contributed by atoms with Crippen molar-refractivity contribution in [1.29, 1.82) is 0 Å². The van der Waals surface area contributed by atoms with Gasteiger partial charge in [0, 0.05) is 26.2 Å². The molecule has 2 atom stereocenters. The topological polar surface area (TPSA) is 61.4 Å². The second-order valence-corrected chi connectivity index (χ2v) is 6.33. The summed E-state index contributed by atoms with van der Waals surface area (Å²) in [5, 5.41) is 3.21. The second-order valence-electron chi connectivity index (χ2n) is 4.52. The summed E-state index contributed by atoms with van der Waals surface area (Å²) in [4.78, 5) is 0. The lowest BCUT2D eigenvalue weighted by Crippen LogP contribution is -2.53. The molecule has 16 heavy (non-hydrogen) atoms. The van der Waals surface area contributed by atoms with Crippen molar-refractivity contribution in [3.63, 3.8) is 0 Å². The fourth-order valence-electron chi connectivity index (χ4n) is 1.86. The number of piperidine rings is 1. The molecular formula is C10H23N3O2S. The molecule has 1 rings (SSSR count). The number of nitrogens with one attached hydrogen (secondary N) is 2. The summed E-state index contributed by atoms with van der Waals surface area (Å²) >= 11 is 0. The van der Waals surface area contributed by atoms with Crippen LogP contribution in [0.2, 0.25) is 0 Å². The van der Waals surface area contributed by atoms with Crippen LogP contribution in [0.4, 0.5) is 0 Å². The van der Waals surface area contributed by atoms with E-state index in [2.05, 4.69) is 17.0 Å². The Hall–Kier alpha value is -0.170. The van der Waals surface area contributed by atoms with E-state index in [4.69, 9.17) is 0 Å². The van der Waals surface area contributed by atoms with E-state index in [1.807, 2.05) is 6.92 Å². The smallest absolute Gasteiger partial charge is 0.279 e. The van der Waals surface area contributed by atoms with Gasteiger partial charge in [-0.25, -0.2) is 0 Å². The average Bonchev–Trinajstić information content (AvgIpc) is 2.21. The Kier molecular flexibility index (Phi) is 5.17. The Bertz CT molecular complexity index is 305. The van der Waals surface area contributed by atoms with Gasteiger partial charge in [0.2, 0.25) is 0 Å². The molecule has 96 valence electrons. The molecule has 5 nitrogen and oxygen atoms in total. The van der Waals surface area contributed by atoms with Gasteiger partial charge in [-0.05, 0) is 25.3 Å². The summed E-state index contributed by atoms with van der Waals surface area (Å²) in [6.45, 7) is 6.32. The standard InChI is InChI=1S/C10H23N3O2S/c1-4-7-13(3)16(14,15)12-10-8-11-6-5-9(10)2/h9-12H,4-8H2,1-3H3. The van der Waals surface area contributed by atoms with Gasteiger partial charge in [0.1, 0.15) is 0 Å². The fraction of sp³-hybridized carbons (Fsp3) is 1.00. The first-order valence-electron chi connectivity index (χ1n) is 5.91. The van der Waals surface area contributed by atoms with Crippen LogP contribution in [0.15, 0.2) is 0 Å². The van der Waals surface area contributed by atoms with E-state index in [9.17, 15) is 8.42 Å². The lowest BCUT2D eigenvalue weighted by Gasteiger charge is -2.31. The highest BCUT2D eigenvalue weighted by Gasteiger charge is 2.27. The van der Waals surface area contributed by atoms with Gasteiger partial charge in [0.15, 0.2) is 0 Å². The number of nitrogens with zero attached hydrogens (tertiary/aromatic N) is 1. The van der Waals surface area contributed by atoms with Crippen LogP contribution in [0.3, 0.4) is 0 Å². The Labute approximate surface area is 98.8 Å². The minimum atomic E-state index is -3.31. The third-order valence-electron chi connectivity index (χ3n) is 3.08. The highest BCUT2D eigenvalue weighted by Crippen LogP contribution is 2.12. The van der Waals surface area contributed by atoms with Crippen molar-refractivity contribution in [3.05, 3.63) is 0 Å². The van der Waals surface area contributed by atoms with Crippen LogP contribution in [0.5, 0.6) is 0 Å². The summed E-state index contributed by atoms with van der Waals surface area (Å²) in [6, 6.07) is 0.0121. The van der Waals surface area contributed by atoms with Gasteiger partial charge < -0.3 is 5.32 Å². The first-order valence-corrected chi connectivity index (χ1v) is 7.35. The number of hydrogen-bond acceptors (Lipinski definition) is 3. The van der Waals surface area contributed by atoms with E-state index in [0.29, 0.717) is 12.5 Å². The quantitative estimate of drug-likeness (QED) is 0.730. The molecule has 6 heteroatoms. The monoisotopic (exact) mass is 249 g/mol. The highest BCUT2D eigenvalue weighted by molar-refractivity contribution is 7.87. The predicted octanol–water partition coefficient (Wildman–Crippen LogP) is 0.161. The van der Waals surface area contributed by atoms with E-state index in [0.717, 1.165) is 25.9 Å². The molecule has 0 amide bonds. The molecule has 0 aromatic carbocycles. The molecule has 1 fully saturated rings. The zero-order valence-corrected chi connectivity index (χ0v) is 11.2. The van der Waals surface area contributed by atoms with Crippen LogP contribution in [0, 0.1) is 5.92 Å². The largest absolute Gasteiger partial charge is 0.315 e. The number of rotatable bonds is 5. The predicted molar refractivity (Wildman–Crippen MR) is 65.4 cm³/mol. The van der Waals surface area contributed by atoms with E-state index in [1.54, 1.807) is 7.05 Å². The molecule has 0 aliphatic carbocycles. The van der Waals surface area contributed by atoms with Crippen molar-refractivity contribution >= 4 is 10.2 Å². The lowest BCUT2D eigenvalue weighted by atomic mass is 9.96. The second kappa shape index (κ2) is 5.95. The van der Waals surface area contributed by atoms with Crippen LogP contribution in [-0.4, -0.2) is 45.4 Å². The highest BCUT2D eigenvalue weighted by atomic mass is 32.2. The molecular weight excluding hydrogens is 226 g/mol. The zero-order valence-electron chi connectivity index (χ0n) is 10.4. The third kappa shape index (κ3) is 3.69. The summed E-state index contributed by atoms with van der Waals surface area (Å²) in [6.07, 6.45) is 1.85. The van der Waals surface area contributed by atoms with Crippen LogP contribution >= 0.6 is 0 Å². The molecule has 1 aliphatic heterocycles. The Morgan fingerprint density at radius 1 is 1.50 bits per heavy atom. The van der Waals surface area contributed by atoms with Crippen LogP contribution in [-0.2, 0) is 10.2 Å². The molecule has 0 aromatic rings. The molecule has 0 bridgehead atoms. The van der Waals surface area contributed by atoms with Crippen molar-refractivity contribution < 1.29 is 8.42 Å². The van der Waals surface area contributed by atoms with Crippen LogP contribution in [0.25, 0.3) is 0 Å². The normalized spacial score (nSPS) is 27.2. The van der Waals surface area contributed by atoms with Gasteiger partial charge in [-0.15, -0.1) is 0 Å². The first kappa shape index (κ1) is 13.9. The van der Waals surface area contributed by atoms with E-state index in [1.165, 1.54) is 4.31 Å². The van der Waals surface area contributed by atoms with Gasteiger partial charge in [-0.2, -0.15) is 17.4 Å². The summed E-state index contributed by atoms with van der Waals surface area (Å²) in [5.74, 6) is 0.394. The first-order chi connectivity index (χ1) is 7.47. The molecule has 0 radical (unpaired) electrons. The molecule has 2 N–H and O–H groups in total. The molecule has 0 saturated carbocycles. The van der Waals surface area contributed by atoms with E-state index >= 15 is 0 Å². The maximum Gasteiger partial charge on any atom is 0.279 e. The van der Waals surface area contributed by atoms with Crippen molar-refractivity contribution in [3.8, 4) is 0 Å². The SMILES string of the molecule is CCCN(C)S(=O)(=O)NC1CNCCC1C. The molecule has 0 spiro atoms. The minimum absolute atomic E-state index is 0.0121. The fourth-order valence-corrected chi connectivity index (χ4v) is 3.16. The average molecular weight is 249 g/mol. The molecule has 0 aromatic heterocycles.